The van der Waals surface area contributed by atoms with E-state index in [2.05, 4.69) is 10.5 Å². The number of nitrogens with two attached hydrogens (primary N) is 1. The number of ether oxygens (including phenoxy) is 1. The highest BCUT2D eigenvalue weighted by molar-refractivity contribution is 5.82. The van der Waals surface area contributed by atoms with Crippen LogP contribution in [0.2, 0.25) is 0 Å². The third-order valence-corrected chi connectivity index (χ3v) is 1.14. The Morgan fingerprint density at radius 1 is 1.58 bits per heavy atom. The molecule has 0 aromatic heterocycles. The van der Waals surface area contributed by atoms with E-state index in [1.165, 1.54) is 19.0 Å². The van der Waals surface area contributed by atoms with Crippen molar-refractivity contribution in [3.05, 3.63) is 0 Å². The maximum atomic E-state index is 11.0. The second kappa shape index (κ2) is 4.55. The van der Waals surface area contributed by atoms with Gasteiger partial charge in [0.1, 0.15) is 0 Å². The van der Waals surface area contributed by atoms with Crippen LogP contribution >= 0.6 is 0 Å². The van der Waals surface area contributed by atoms with Gasteiger partial charge in [-0.25, -0.2) is 4.79 Å². The van der Waals surface area contributed by atoms with E-state index in [1.54, 1.807) is 0 Å². The summed E-state index contributed by atoms with van der Waals surface area (Å²) in [6, 6.07) is 0. The minimum atomic E-state index is -1.20. The molecule has 0 aliphatic heterocycles. The molecule has 3 N–H and O–H groups in total. The summed E-state index contributed by atoms with van der Waals surface area (Å²) in [5.74, 6) is -0.503. The van der Waals surface area contributed by atoms with E-state index in [0.29, 0.717) is 0 Å². The van der Waals surface area contributed by atoms with Crippen LogP contribution in [0.1, 0.15) is 0 Å². The molecule has 1 atom stereocenters. The molecular weight excluding hydrogens is 164 g/mol. The number of rotatable bonds is 3. The van der Waals surface area contributed by atoms with E-state index in [0.717, 1.165) is 0 Å². The molecule has 6 nitrogen and oxygen atoms in total. The summed E-state index contributed by atoms with van der Waals surface area (Å²) in [4.78, 5) is 22.5. The van der Waals surface area contributed by atoms with Crippen molar-refractivity contribution in [3.63, 3.8) is 0 Å². The highest BCUT2D eigenvalue weighted by atomic mass is 16.6. The topological polar surface area (TPSA) is 92.9 Å². The predicted octanol–water partition coefficient (Wildman–Crippen LogP) is -1.47. The van der Waals surface area contributed by atoms with Gasteiger partial charge in [0.2, 0.25) is 6.10 Å². The summed E-state index contributed by atoms with van der Waals surface area (Å²) in [5.41, 5.74) is 4.66. The Balaban J connectivity index is 4.15. The van der Waals surface area contributed by atoms with Crippen LogP contribution in [0, 0.1) is 0 Å². The first-order valence-corrected chi connectivity index (χ1v) is 3.27. The summed E-state index contributed by atoms with van der Waals surface area (Å²) >= 11 is 0. The molecule has 6 heteroatoms. The molecule has 1 unspecified atom stereocenters. The number of primary amides is 1. The summed E-state index contributed by atoms with van der Waals surface area (Å²) in [6.07, 6.45) is -2.28. The van der Waals surface area contributed by atoms with Gasteiger partial charge in [0.25, 0.3) is 5.91 Å². The first kappa shape index (κ1) is 10.7. The first-order valence-electron chi connectivity index (χ1n) is 3.27. The van der Waals surface area contributed by atoms with Crippen LogP contribution in [0.25, 0.3) is 0 Å². The van der Waals surface area contributed by atoms with Crippen molar-refractivity contribution in [3.8, 4) is 0 Å². The van der Waals surface area contributed by atoms with E-state index >= 15 is 0 Å². The lowest BCUT2D eigenvalue weighted by Gasteiger charge is -2.17. The minimum Gasteiger partial charge on any atom is -0.434 e. The average Bonchev–Trinajstić information content (AvgIpc) is 1.98. The maximum Gasteiger partial charge on any atom is 0.405 e. The number of hydrogen-bond donors (Lipinski definition) is 2. The minimum absolute atomic E-state index is 0.503. The normalized spacial score (nSPS) is 11.9. The van der Waals surface area contributed by atoms with Gasteiger partial charge in [-0.3, -0.25) is 4.79 Å². The van der Waals surface area contributed by atoms with Gasteiger partial charge in [0, 0.05) is 14.1 Å². The molecule has 0 saturated carbocycles. The van der Waals surface area contributed by atoms with Gasteiger partial charge in [-0.1, -0.05) is 0 Å². The first-order chi connectivity index (χ1) is 5.49. The average molecular weight is 176 g/mol. The number of carbonyl (C=O) groups excluding carboxylic acids is 2. The van der Waals surface area contributed by atoms with Crippen molar-refractivity contribution in [2.24, 2.45) is 5.73 Å². The van der Waals surface area contributed by atoms with E-state index in [-0.39, 0.29) is 0 Å². The molecule has 70 valence electrons. The number of hydrogen-bond acceptors (Lipinski definition) is 4. The molecule has 12 heavy (non-hydrogen) atoms. The number of nitrogens with zero attached hydrogens (tertiary/aromatic N) is 1. The lowest BCUT2D eigenvalue weighted by Crippen LogP contribution is -2.40. The Labute approximate surface area is 69.9 Å². The smallest absolute Gasteiger partial charge is 0.405 e. The van der Waals surface area contributed by atoms with Crippen LogP contribution in [0.3, 0.4) is 0 Å². The highest BCUT2D eigenvalue weighted by Gasteiger charge is 2.22. The number of carbonyl (C=O) groups is 2. The Kier molecular flexibility index (Phi) is 4.06. The van der Waals surface area contributed by atoms with Crippen molar-refractivity contribution in [1.82, 2.24) is 4.90 Å². The van der Waals surface area contributed by atoms with E-state index in [1.807, 2.05) is 0 Å². The van der Waals surface area contributed by atoms with Crippen LogP contribution in [0.5, 0.6) is 0 Å². The fraction of sp³-hybridized carbons (Fsp3) is 0.667. The van der Waals surface area contributed by atoms with Gasteiger partial charge in [-0.2, -0.15) is 0 Å². The number of amides is 2. The second-order valence-corrected chi connectivity index (χ2v) is 2.34. The van der Waals surface area contributed by atoms with Crippen molar-refractivity contribution < 1.29 is 19.4 Å². The molecular formula is C6H12N2O4. The molecule has 0 fully saturated rings. The van der Waals surface area contributed by atoms with Crippen LogP contribution in [0.4, 0.5) is 4.79 Å². The van der Waals surface area contributed by atoms with Gasteiger partial charge in [-0.15, -0.1) is 0 Å². The third kappa shape index (κ3) is 3.20. The molecule has 0 aliphatic rings. The van der Waals surface area contributed by atoms with Crippen LogP contribution in [-0.2, 0) is 9.53 Å². The zero-order valence-electron chi connectivity index (χ0n) is 6.98. The molecule has 0 aromatic carbocycles. The maximum absolute atomic E-state index is 11.0. The molecule has 0 rings (SSSR count). The summed E-state index contributed by atoms with van der Waals surface area (Å²) in [6.45, 7) is -0.569. The summed E-state index contributed by atoms with van der Waals surface area (Å²) in [5, 5.41) is 8.61. The standard InChI is InChI=1S/C6H12N2O4/c1-8(2)5(10)4(3-9)12-6(7)11/h4,9H,3H2,1-2H3,(H2,7,11). The van der Waals surface area contributed by atoms with Crippen LogP contribution < -0.4 is 5.73 Å². The second-order valence-electron chi connectivity index (χ2n) is 2.34. The highest BCUT2D eigenvalue weighted by Crippen LogP contribution is 1.95. The van der Waals surface area contributed by atoms with E-state index < -0.39 is 24.7 Å². The lowest BCUT2D eigenvalue weighted by molar-refractivity contribution is -0.139. The molecule has 0 aliphatic carbocycles. The zero-order valence-corrected chi connectivity index (χ0v) is 6.98. The third-order valence-electron chi connectivity index (χ3n) is 1.14. The monoisotopic (exact) mass is 176 g/mol. The molecule has 0 spiro atoms. The molecule has 0 radical (unpaired) electrons. The predicted molar refractivity (Wildman–Crippen MR) is 40.2 cm³/mol. The van der Waals surface area contributed by atoms with Crippen molar-refractivity contribution in [2.45, 2.75) is 6.10 Å². The van der Waals surface area contributed by atoms with E-state index in [4.69, 9.17) is 5.11 Å². The Hall–Kier alpha value is -1.30. The van der Waals surface area contributed by atoms with Crippen LogP contribution in [-0.4, -0.2) is 48.8 Å². The fourth-order valence-electron chi connectivity index (χ4n) is 0.594. The summed E-state index contributed by atoms with van der Waals surface area (Å²) < 4.78 is 4.32. The van der Waals surface area contributed by atoms with E-state index in [9.17, 15) is 9.59 Å². The zero-order chi connectivity index (χ0) is 9.72. The number of aliphatic hydroxyl groups is 1. The molecule has 2 amide bonds. The Morgan fingerprint density at radius 2 is 2.08 bits per heavy atom. The fourth-order valence-corrected chi connectivity index (χ4v) is 0.594. The van der Waals surface area contributed by atoms with Crippen molar-refractivity contribution in [2.75, 3.05) is 20.7 Å². The van der Waals surface area contributed by atoms with Gasteiger partial charge in [-0.05, 0) is 0 Å². The van der Waals surface area contributed by atoms with Crippen LogP contribution in [0.15, 0.2) is 0 Å². The molecule has 0 saturated heterocycles. The van der Waals surface area contributed by atoms with Gasteiger partial charge in [0.05, 0.1) is 6.61 Å². The van der Waals surface area contributed by atoms with Crippen molar-refractivity contribution >= 4 is 12.0 Å². The van der Waals surface area contributed by atoms with Gasteiger partial charge in [0.15, 0.2) is 0 Å². The summed E-state index contributed by atoms with van der Waals surface area (Å²) in [7, 11) is 2.96. The van der Waals surface area contributed by atoms with Crippen molar-refractivity contribution in [1.29, 1.82) is 0 Å². The molecule has 0 heterocycles. The van der Waals surface area contributed by atoms with Gasteiger partial charge >= 0.3 is 6.09 Å². The Morgan fingerprint density at radius 3 is 2.33 bits per heavy atom. The number of likely N-dealkylation sites (N-methyl/N-ethyl adjacent to an activating group) is 1. The molecule has 0 aromatic rings. The largest absolute Gasteiger partial charge is 0.434 e. The molecule has 0 bridgehead atoms. The van der Waals surface area contributed by atoms with Gasteiger partial charge < -0.3 is 20.5 Å². The SMILES string of the molecule is CN(C)C(=O)C(CO)OC(N)=O. The lowest BCUT2D eigenvalue weighted by atomic mass is 10.3. The number of aliphatic hydroxyl groups excluding tert-OH is 1. The Bertz CT molecular complexity index is 180. The quantitative estimate of drug-likeness (QED) is 0.549.